The summed E-state index contributed by atoms with van der Waals surface area (Å²) in [6.45, 7) is 1.86. The highest BCUT2D eigenvalue weighted by molar-refractivity contribution is 5.95. The van der Waals surface area contributed by atoms with Crippen LogP contribution < -0.4 is 5.56 Å². The van der Waals surface area contributed by atoms with Crippen LogP contribution in [-0.2, 0) is 13.6 Å². The molecule has 6 heteroatoms. The molecule has 0 aliphatic heterocycles. The number of carbonyl (C=O) groups excluding carboxylic acids is 1. The Labute approximate surface area is 114 Å². The fourth-order valence-electron chi connectivity index (χ4n) is 2.19. The van der Waals surface area contributed by atoms with Crippen LogP contribution in [0, 0.1) is 6.92 Å². The van der Waals surface area contributed by atoms with Gasteiger partial charge in [0.2, 0.25) is 0 Å². The molecule has 0 saturated heterocycles. The number of hydrogen-bond donors (Lipinski definition) is 0. The molecule has 0 N–H and O–H groups in total. The first-order valence-corrected chi connectivity index (χ1v) is 6.25. The molecule has 0 fully saturated rings. The molecule has 0 radical (unpaired) electrons. The first-order valence-electron chi connectivity index (χ1n) is 6.25. The minimum absolute atomic E-state index is 0.0313. The molecule has 3 aromatic heterocycles. The molecule has 0 unspecified atom stereocenters. The van der Waals surface area contributed by atoms with Gasteiger partial charge < -0.3 is 9.13 Å². The van der Waals surface area contributed by atoms with Crippen LogP contribution in [0.2, 0.25) is 0 Å². The maximum absolute atomic E-state index is 12.3. The molecule has 0 amide bonds. The number of carbonyl (C=O) groups is 1. The molecular weight excluding hydrogens is 256 g/mol. The van der Waals surface area contributed by atoms with E-state index in [1.165, 1.54) is 9.08 Å². The summed E-state index contributed by atoms with van der Waals surface area (Å²) in [6.07, 6.45) is 6.82. The Kier molecular flexibility index (Phi) is 2.78. The Morgan fingerprint density at radius 1 is 1.30 bits per heavy atom. The first-order chi connectivity index (χ1) is 9.54. The summed E-state index contributed by atoms with van der Waals surface area (Å²) < 4.78 is 4.74. The number of aryl methyl sites for hydroxylation is 2. The molecule has 20 heavy (non-hydrogen) atoms. The molecule has 102 valence electrons. The van der Waals surface area contributed by atoms with Crippen LogP contribution in [0.4, 0.5) is 0 Å². The first kappa shape index (κ1) is 12.4. The molecule has 0 bridgehead atoms. The van der Waals surface area contributed by atoms with E-state index in [1.807, 2.05) is 14.0 Å². The van der Waals surface area contributed by atoms with E-state index < -0.39 is 0 Å². The summed E-state index contributed by atoms with van der Waals surface area (Å²) in [5.74, 6) is -0.0895. The van der Waals surface area contributed by atoms with Gasteiger partial charge in [-0.15, -0.1) is 0 Å². The molecule has 0 atom stereocenters. The highest BCUT2D eigenvalue weighted by atomic mass is 16.1. The fraction of sp³-hybridized carbons (Fsp3) is 0.214. The van der Waals surface area contributed by atoms with Gasteiger partial charge in [-0.25, -0.2) is 4.52 Å². The van der Waals surface area contributed by atoms with Gasteiger partial charge in [0, 0.05) is 37.4 Å². The van der Waals surface area contributed by atoms with Crippen molar-refractivity contribution in [2.24, 2.45) is 7.05 Å². The molecule has 0 saturated carbocycles. The third kappa shape index (κ3) is 2.05. The number of nitrogens with zero attached hydrogens (tertiary/aromatic N) is 4. The second-order valence-corrected chi connectivity index (χ2v) is 4.84. The maximum atomic E-state index is 12.3. The van der Waals surface area contributed by atoms with Gasteiger partial charge in [-0.1, -0.05) is 0 Å². The highest BCUT2D eigenvalue weighted by Crippen LogP contribution is 2.04. The van der Waals surface area contributed by atoms with Crippen LogP contribution in [0.25, 0.3) is 5.52 Å². The third-order valence-corrected chi connectivity index (χ3v) is 3.19. The number of aromatic nitrogens is 4. The topological polar surface area (TPSA) is 61.3 Å². The summed E-state index contributed by atoms with van der Waals surface area (Å²) in [5, 5.41) is 4.17. The molecule has 3 rings (SSSR count). The van der Waals surface area contributed by atoms with E-state index in [2.05, 4.69) is 5.10 Å². The van der Waals surface area contributed by atoms with Gasteiger partial charge >= 0.3 is 0 Å². The van der Waals surface area contributed by atoms with E-state index in [4.69, 9.17) is 0 Å². The second kappa shape index (κ2) is 4.48. The summed E-state index contributed by atoms with van der Waals surface area (Å²) in [7, 11) is 1.85. The van der Waals surface area contributed by atoms with E-state index in [0.717, 1.165) is 5.69 Å². The smallest absolute Gasteiger partial charge is 0.276 e. The van der Waals surface area contributed by atoms with E-state index in [-0.39, 0.29) is 17.9 Å². The Morgan fingerprint density at radius 3 is 2.80 bits per heavy atom. The number of hydrogen-bond acceptors (Lipinski definition) is 3. The molecule has 0 aliphatic carbocycles. The lowest BCUT2D eigenvalue weighted by Crippen LogP contribution is -2.25. The molecule has 6 nitrogen and oxygen atoms in total. The van der Waals surface area contributed by atoms with Crippen molar-refractivity contribution in [2.75, 3.05) is 0 Å². The monoisotopic (exact) mass is 270 g/mol. The van der Waals surface area contributed by atoms with Crippen LogP contribution in [0.3, 0.4) is 0 Å². The Hall–Kier alpha value is -2.63. The van der Waals surface area contributed by atoms with Gasteiger partial charge in [0.25, 0.3) is 5.56 Å². The van der Waals surface area contributed by atoms with Crippen LogP contribution in [-0.4, -0.2) is 24.5 Å². The fourth-order valence-corrected chi connectivity index (χ4v) is 2.19. The number of fused-ring (bicyclic) bond motifs is 1. The van der Waals surface area contributed by atoms with Crippen molar-refractivity contribution in [3.8, 4) is 0 Å². The molecule has 0 spiro atoms. The number of rotatable bonds is 3. The largest absolute Gasteiger partial charge is 0.357 e. The average molecular weight is 270 g/mol. The minimum Gasteiger partial charge on any atom is -0.357 e. The normalized spacial score (nSPS) is 11.1. The second-order valence-electron chi connectivity index (χ2n) is 4.84. The van der Waals surface area contributed by atoms with Crippen molar-refractivity contribution in [1.82, 2.24) is 18.7 Å². The van der Waals surface area contributed by atoms with Gasteiger partial charge in [-0.2, -0.15) is 5.10 Å². The van der Waals surface area contributed by atoms with Crippen LogP contribution in [0.5, 0.6) is 0 Å². The predicted molar refractivity (Wildman–Crippen MR) is 73.9 cm³/mol. The zero-order valence-corrected chi connectivity index (χ0v) is 11.3. The Bertz CT molecular complexity index is 854. The summed E-state index contributed by atoms with van der Waals surface area (Å²) in [4.78, 5) is 24.4. The van der Waals surface area contributed by atoms with Gasteiger partial charge in [0.1, 0.15) is 5.52 Å². The van der Waals surface area contributed by atoms with Crippen molar-refractivity contribution in [1.29, 1.82) is 0 Å². The predicted octanol–water partition coefficient (Wildman–Crippen LogP) is 1.03. The number of ketones is 1. The number of Topliss-reactive ketones (excluding diaryl/α,β-unsaturated/α-hetero) is 1. The van der Waals surface area contributed by atoms with Gasteiger partial charge in [0.05, 0.1) is 12.2 Å². The van der Waals surface area contributed by atoms with Crippen molar-refractivity contribution >= 4 is 11.3 Å². The van der Waals surface area contributed by atoms with E-state index in [1.54, 1.807) is 41.5 Å². The van der Waals surface area contributed by atoms with E-state index in [9.17, 15) is 9.59 Å². The quantitative estimate of drug-likeness (QED) is 0.668. The maximum Gasteiger partial charge on any atom is 0.276 e. The third-order valence-electron chi connectivity index (χ3n) is 3.19. The Balaban J connectivity index is 1.97. The summed E-state index contributed by atoms with van der Waals surface area (Å²) in [5.41, 5.74) is 1.64. The van der Waals surface area contributed by atoms with Gasteiger partial charge in [0.15, 0.2) is 5.78 Å². The van der Waals surface area contributed by atoms with Crippen molar-refractivity contribution in [3.63, 3.8) is 0 Å². The lowest BCUT2D eigenvalue weighted by molar-refractivity contribution is 0.0971. The SMILES string of the molecule is Cc1cc2c(=O)n(CC(=O)c3ccn(C)c3)ccn2n1. The van der Waals surface area contributed by atoms with Crippen LogP contribution >= 0.6 is 0 Å². The lowest BCUT2D eigenvalue weighted by Gasteiger charge is -2.04. The Morgan fingerprint density at radius 2 is 2.10 bits per heavy atom. The molecule has 0 aromatic carbocycles. The van der Waals surface area contributed by atoms with Gasteiger partial charge in [-0.05, 0) is 19.1 Å². The van der Waals surface area contributed by atoms with Gasteiger partial charge in [-0.3, -0.25) is 9.59 Å². The lowest BCUT2D eigenvalue weighted by atomic mass is 10.2. The van der Waals surface area contributed by atoms with Crippen molar-refractivity contribution < 1.29 is 4.79 Å². The molecule has 3 aromatic rings. The molecule has 0 aliphatic rings. The summed E-state index contributed by atoms with van der Waals surface area (Å²) in [6, 6.07) is 3.46. The van der Waals surface area contributed by atoms with Crippen LogP contribution in [0.1, 0.15) is 16.1 Å². The standard InChI is InChI=1S/C14H14N4O2/c1-10-7-12-14(20)17(5-6-18(12)15-10)9-13(19)11-3-4-16(2)8-11/h3-8H,9H2,1-2H3. The zero-order chi connectivity index (χ0) is 14.3. The van der Waals surface area contributed by atoms with E-state index >= 15 is 0 Å². The molecular formula is C14H14N4O2. The van der Waals surface area contributed by atoms with Crippen molar-refractivity contribution in [3.05, 3.63) is 58.5 Å². The van der Waals surface area contributed by atoms with Crippen molar-refractivity contribution in [2.45, 2.75) is 13.5 Å². The zero-order valence-electron chi connectivity index (χ0n) is 11.3. The highest BCUT2D eigenvalue weighted by Gasteiger charge is 2.11. The molecule has 3 heterocycles. The van der Waals surface area contributed by atoms with Crippen LogP contribution in [0.15, 0.2) is 41.7 Å². The van der Waals surface area contributed by atoms with E-state index in [0.29, 0.717) is 11.1 Å². The summed E-state index contributed by atoms with van der Waals surface area (Å²) >= 11 is 0. The minimum atomic E-state index is -0.211. The average Bonchev–Trinajstić information content (AvgIpc) is 2.99.